The topological polar surface area (TPSA) is 41.0 Å². The first-order valence-electron chi connectivity index (χ1n) is 6.46. The van der Waals surface area contributed by atoms with Gasteiger partial charge in [0.05, 0.1) is 23.4 Å². The second-order valence-corrected chi connectivity index (χ2v) is 6.29. The van der Waals surface area contributed by atoms with Gasteiger partial charge in [0.1, 0.15) is 0 Å². The second kappa shape index (κ2) is 6.98. The summed E-state index contributed by atoms with van der Waals surface area (Å²) in [5, 5.41) is 6.58. The van der Waals surface area contributed by atoms with E-state index in [0.29, 0.717) is 0 Å². The van der Waals surface area contributed by atoms with Crippen molar-refractivity contribution in [3.05, 3.63) is 27.2 Å². The van der Waals surface area contributed by atoms with Crippen LogP contribution in [0.2, 0.25) is 0 Å². The van der Waals surface area contributed by atoms with E-state index >= 15 is 0 Å². The summed E-state index contributed by atoms with van der Waals surface area (Å²) in [7, 11) is 2.08. The van der Waals surface area contributed by atoms with Crippen LogP contribution in [-0.2, 0) is 13.1 Å². The van der Waals surface area contributed by atoms with Crippen molar-refractivity contribution in [2.24, 2.45) is 0 Å². The molecule has 0 atom stereocenters. The lowest BCUT2D eigenvalue weighted by Crippen LogP contribution is -2.17. The van der Waals surface area contributed by atoms with Gasteiger partial charge >= 0.3 is 0 Å². The van der Waals surface area contributed by atoms with Crippen molar-refractivity contribution in [1.82, 2.24) is 15.3 Å². The Kier molecular flexibility index (Phi) is 5.30. The van der Waals surface area contributed by atoms with Gasteiger partial charge in [-0.3, -0.25) is 0 Å². The number of nitrogens with one attached hydrogen (secondary N) is 1. The van der Waals surface area contributed by atoms with Crippen molar-refractivity contribution in [3.63, 3.8) is 0 Å². The molecule has 0 unspecified atom stereocenters. The Morgan fingerprint density at radius 2 is 2.21 bits per heavy atom. The lowest BCUT2D eigenvalue weighted by atomic mass is 10.4. The maximum atomic E-state index is 4.66. The molecule has 0 saturated heterocycles. The predicted molar refractivity (Wildman–Crippen MR) is 83.1 cm³/mol. The fourth-order valence-corrected chi connectivity index (χ4v) is 3.33. The van der Waals surface area contributed by atoms with Crippen molar-refractivity contribution in [2.75, 3.05) is 18.5 Å². The third-order valence-corrected chi connectivity index (χ3v) is 4.75. The van der Waals surface area contributed by atoms with Crippen LogP contribution in [-0.4, -0.2) is 23.6 Å². The molecule has 2 heterocycles. The third kappa shape index (κ3) is 3.99. The fourth-order valence-electron chi connectivity index (χ4n) is 1.71. The van der Waals surface area contributed by atoms with E-state index in [0.717, 1.165) is 42.6 Å². The summed E-state index contributed by atoms with van der Waals surface area (Å²) < 4.78 is 0. The van der Waals surface area contributed by atoms with Crippen LogP contribution in [0.15, 0.2) is 10.9 Å². The summed E-state index contributed by atoms with van der Waals surface area (Å²) in [4.78, 5) is 12.4. The highest BCUT2D eigenvalue weighted by Crippen LogP contribution is 2.23. The van der Waals surface area contributed by atoms with Gasteiger partial charge in [0.2, 0.25) is 0 Å². The zero-order chi connectivity index (χ0) is 13.7. The Hall–Kier alpha value is -0.980. The predicted octanol–water partition coefficient (Wildman–Crippen LogP) is 3.04. The summed E-state index contributed by atoms with van der Waals surface area (Å²) >= 11 is 3.41. The molecule has 0 saturated carbocycles. The summed E-state index contributed by atoms with van der Waals surface area (Å²) in [6.45, 7) is 7.01. The Balaban J connectivity index is 1.92. The SMILES string of the molecule is CCCNCc1csc(N(C)Cc2scnc2C)n1. The molecule has 0 radical (unpaired) electrons. The maximum Gasteiger partial charge on any atom is 0.185 e. The second-order valence-electron chi connectivity index (χ2n) is 4.52. The summed E-state index contributed by atoms with van der Waals surface area (Å²) in [5.74, 6) is 0. The van der Waals surface area contributed by atoms with Crippen LogP contribution in [0.3, 0.4) is 0 Å². The van der Waals surface area contributed by atoms with Crippen LogP contribution >= 0.6 is 22.7 Å². The molecule has 0 aliphatic heterocycles. The highest BCUT2D eigenvalue weighted by Gasteiger charge is 2.10. The Morgan fingerprint density at radius 1 is 1.37 bits per heavy atom. The van der Waals surface area contributed by atoms with Crippen molar-refractivity contribution in [1.29, 1.82) is 0 Å². The van der Waals surface area contributed by atoms with E-state index in [1.807, 2.05) is 5.51 Å². The van der Waals surface area contributed by atoms with Crippen LogP contribution in [0.5, 0.6) is 0 Å². The number of nitrogens with zero attached hydrogens (tertiary/aromatic N) is 3. The smallest absolute Gasteiger partial charge is 0.185 e. The molecule has 0 fully saturated rings. The molecule has 0 aliphatic rings. The van der Waals surface area contributed by atoms with E-state index in [2.05, 4.69) is 46.5 Å². The first-order chi connectivity index (χ1) is 9.20. The standard InChI is InChI=1S/C13H20N4S2/c1-4-5-14-6-11-8-18-13(16-11)17(3)7-12-10(2)15-9-19-12/h8-9,14H,4-7H2,1-3H3. The van der Waals surface area contributed by atoms with E-state index in [4.69, 9.17) is 0 Å². The number of rotatable bonds is 7. The van der Waals surface area contributed by atoms with E-state index in [-0.39, 0.29) is 0 Å². The highest BCUT2D eigenvalue weighted by molar-refractivity contribution is 7.13. The van der Waals surface area contributed by atoms with Crippen molar-refractivity contribution < 1.29 is 0 Å². The van der Waals surface area contributed by atoms with Gasteiger partial charge in [-0.25, -0.2) is 9.97 Å². The summed E-state index contributed by atoms with van der Waals surface area (Å²) in [5.41, 5.74) is 4.15. The Labute approximate surface area is 122 Å². The van der Waals surface area contributed by atoms with Gasteiger partial charge in [-0.2, -0.15) is 0 Å². The van der Waals surface area contributed by atoms with E-state index in [1.54, 1.807) is 22.7 Å². The molecule has 0 spiro atoms. The van der Waals surface area contributed by atoms with Gasteiger partial charge in [-0.15, -0.1) is 22.7 Å². The molecule has 0 aliphatic carbocycles. The molecule has 1 N–H and O–H groups in total. The summed E-state index contributed by atoms with van der Waals surface area (Å²) in [6, 6.07) is 0. The Bertz CT molecular complexity index is 506. The minimum atomic E-state index is 0.859. The first kappa shape index (κ1) is 14.4. The average Bonchev–Trinajstić information content (AvgIpc) is 3.00. The number of thiazole rings is 2. The zero-order valence-electron chi connectivity index (χ0n) is 11.6. The molecule has 0 aromatic carbocycles. The van der Waals surface area contributed by atoms with Crippen LogP contribution in [0, 0.1) is 6.92 Å². The first-order valence-corrected chi connectivity index (χ1v) is 8.22. The molecule has 19 heavy (non-hydrogen) atoms. The lowest BCUT2D eigenvalue weighted by molar-refractivity contribution is 0.666. The van der Waals surface area contributed by atoms with Gasteiger partial charge in [-0.05, 0) is 19.9 Å². The van der Waals surface area contributed by atoms with Gasteiger partial charge in [0.15, 0.2) is 5.13 Å². The number of anilines is 1. The van der Waals surface area contributed by atoms with E-state index in [1.165, 1.54) is 4.88 Å². The quantitative estimate of drug-likeness (QED) is 0.797. The van der Waals surface area contributed by atoms with Crippen molar-refractivity contribution in [3.8, 4) is 0 Å². The monoisotopic (exact) mass is 296 g/mol. The molecule has 2 aromatic heterocycles. The number of hydrogen-bond acceptors (Lipinski definition) is 6. The van der Waals surface area contributed by atoms with E-state index < -0.39 is 0 Å². The molecular weight excluding hydrogens is 276 g/mol. The molecule has 2 aromatic rings. The largest absolute Gasteiger partial charge is 0.346 e. The normalized spacial score (nSPS) is 10.9. The average molecular weight is 296 g/mol. The molecule has 0 bridgehead atoms. The van der Waals surface area contributed by atoms with Crippen LogP contribution in [0.25, 0.3) is 0 Å². The zero-order valence-corrected chi connectivity index (χ0v) is 13.3. The molecule has 2 rings (SSSR count). The van der Waals surface area contributed by atoms with Crippen LogP contribution < -0.4 is 10.2 Å². The minimum absolute atomic E-state index is 0.859. The maximum absolute atomic E-state index is 4.66. The molecular formula is C13H20N4S2. The molecule has 0 amide bonds. The third-order valence-electron chi connectivity index (χ3n) is 2.82. The van der Waals surface area contributed by atoms with Gasteiger partial charge in [0.25, 0.3) is 0 Å². The molecule has 104 valence electrons. The van der Waals surface area contributed by atoms with Crippen LogP contribution in [0.4, 0.5) is 5.13 Å². The van der Waals surface area contributed by atoms with E-state index in [9.17, 15) is 0 Å². The number of aromatic nitrogens is 2. The van der Waals surface area contributed by atoms with Gasteiger partial charge < -0.3 is 10.2 Å². The van der Waals surface area contributed by atoms with Gasteiger partial charge in [-0.1, -0.05) is 6.92 Å². The minimum Gasteiger partial charge on any atom is -0.346 e. The number of aryl methyl sites for hydroxylation is 1. The van der Waals surface area contributed by atoms with Crippen molar-refractivity contribution in [2.45, 2.75) is 33.4 Å². The molecule has 6 heteroatoms. The molecule has 4 nitrogen and oxygen atoms in total. The van der Waals surface area contributed by atoms with Gasteiger partial charge in [0, 0.05) is 23.8 Å². The highest BCUT2D eigenvalue weighted by atomic mass is 32.1. The van der Waals surface area contributed by atoms with Crippen LogP contribution in [0.1, 0.15) is 29.6 Å². The number of hydrogen-bond donors (Lipinski definition) is 1. The van der Waals surface area contributed by atoms with Crippen molar-refractivity contribution >= 4 is 27.8 Å². The fraction of sp³-hybridized carbons (Fsp3) is 0.538. The lowest BCUT2D eigenvalue weighted by Gasteiger charge is -2.14. The Morgan fingerprint density at radius 3 is 2.89 bits per heavy atom. The summed E-state index contributed by atoms with van der Waals surface area (Å²) in [6.07, 6.45) is 1.15.